The summed E-state index contributed by atoms with van der Waals surface area (Å²) in [6, 6.07) is 12.9. The van der Waals surface area contributed by atoms with Crippen molar-refractivity contribution in [3.8, 4) is 17.0 Å². The molecule has 0 radical (unpaired) electrons. The van der Waals surface area contributed by atoms with Gasteiger partial charge >= 0.3 is 5.97 Å². The number of hydrogen-bond donors (Lipinski definition) is 0. The third-order valence-corrected chi connectivity index (χ3v) is 5.18. The fraction of sp³-hybridized carbons (Fsp3) is 0.227. The van der Waals surface area contributed by atoms with E-state index >= 15 is 0 Å². The van der Waals surface area contributed by atoms with Gasteiger partial charge in [0.1, 0.15) is 5.75 Å². The second kappa shape index (κ2) is 8.45. The van der Waals surface area contributed by atoms with Gasteiger partial charge in [-0.05, 0) is 42.3 Å². The highest BCUT2D eigenvalue weighted by molar-refractivity contribution is 7.07. The van der Waals surface area contributed by atoms with Crippen molar-refractivity contribution in [3.05, 3.63) is 64.5 Å². The van der Waals surface area contributed by atoms with Gasteiger partial charge in [0.15, 0.2) is 6.61 Å². The molecule has 6 nitrogen and oxygen atoms in total. The van der Waals surface area contributed by atoms with Crippen LogP contribution in [-0.2, 0) is 16.1 Å². The summed E-state index contributed by atoms with van der Waals surface area (Å²) in [6.45, 7) is 2.75. The van der Waals surface area contributed by atoms with Crippen LogP contribution in [-0.4, -0.2) is 30.1 Å². The van der Waals surface area contributed by atoms with Crippen LogP contribution in [0.2, 0.25) is 0 Å². The summed E-state index contributed by atoms with van der Waals surface area (Å²) in [7, 11) is 0. The molecule has 2 aromatic carbocycles. The number of rotatable bonds is 6. The average molecular weight is 408 g/mol. The largest absolute Gasteiger partial charge is 0.482 e. The predicted octanol–water partition coefficient (Wildman–Crippen LogP) is 4.30. The van der Waals surface area contributed by atoms with Crippen molar-refractivity contribution in [2.45, 2.75) is 19.9 Å². The molecule has 0 saturated heterocycles. The number of hydrogen-bond acceptors (Lipinski definition) is 6. The molecule has 1 amide bonds. The van der Waals surface area contributed by atoms with E-state index in [1.165, 1.54) is 11.3 Å². The van der Waals surface area contributed by atoms with E-state index in [-0.39, 0.29) is 18.5 Å². The Bertz CT molecular complexity index is 1020. The van der Waals surface area contributed by atoms with Gasteiger partial charge in [0.25, 0.3) is 5.91 Å². The van der Waals surface area contributed by atoms with Crippen molar-refractivity contribution in [1.82, 2.24) is 4.98 Å². The Morgan fingerprint density at radius 2 is 2.07 bits per heavy atom. The van der Waals surface area contributed by atoms with Crippen LogP contribution >= 0.6 is 11.3 Å². The number of amides is 1. The van der Waals surface area contributed by atoms with E-state index in [4.69, 9.17) is 9.47 Å². The van der Waals surface area contributed by atoms with E-state index in [0.29, 0.717) is 24.5 Å². The average Bonchev–Trinajstić information content (AvgIpc) is 3.29. The maximum atomic E-state index is 12.6. The van der Waals surface area contributed by atoms with E-state index < -0.39 is 0 Å². The molecule has 7 heteroatoms. The molecule has 2 heterocycles. The maximum absolute atomic E-state index is 12.6. The molecule has 0 spiro atoms. The van der Waals surface area contributed by atoms with E-state index in [9.17, 15) is 9.59 Å². The fourth-order valence-electron chi connectivity index (χ4n) is 3.10. The Balaban J connectivity index is 1.57. The van der Waals surface area contributed by atoms with Gasteiger partial charge < -0.3 is 14.4 Å². The van der Waals surface area contributed by atoms with Crippen molar-refractivity contribution in [2.24, 2.45) is 0 Å². The second-order valence-electron chi connectivity index (χ2n) is 6.66. The SMILES string of the molecule is CCCOC(=O)c1ccc(CN2C(=O)COc3ccc(-c4cscn4)cc32)cc1. The Hall–Kier alpha value is -3.19. The lowest BCUT2D eigenvalue weighted by atomic mass is 10.1. The van der Waals surface area contributed by atoms with Gasteiger partial charge in [0.05, 0.1) is 35.6 Å². The predicted molar refractivity (Wildman–Crippen MR) is 111 cm³/mol. The highest BCUT2D eigenvalue weighted by Gasteiger charge is 2.26. The molecule has 0 N–H and O–H groups in total. The van der Waals surface area contributed by atoms with Crippen molar-refractivity contribution < 1.29 is 19.1 Å². The van der Waals surface area contributed by atoms with E-state index in [2.05, 4.69) is 4.98 Å². The van der Waals surface area contributed by atoms with E-state index in [0.717, 1.165) is 28.9 Å². The molecule has 148 valence electrons. The summed E-state index contributed by atoms with van der Waals surface area (Å²) >= 11 is 1.52. The summed E-state index contributed by atoms with van der Waals surface area (Å²) in [5.41, 5.74) is 5.71. The molecular formula is C22H20N2O4S. The normalized spacial score (nSPS) is 13.0. The third kappa shape index (κ3) is 4.14. The molecule has 0 bridgehead atoms. The molecule has 3 aromatic rings. The lowest BCUT2D eigenvalue weighted by Crippen LogP contribution is -2.38. The van der Waals surface area contributed by atoms with Gasteiger partial charge in [0, 0.05) is 10.9 Å². The number of esters is 1. The standard InChI is InChI=1S/C22H20N2O4S/c1-2-9-27-22(26)16-5-3-15(4-6-16)11-24-19-10-17(18-13-29-14-23-18)7-8-20(19)28-12-21(24)25/h3-8,10,13-14H,2,9,11-12H2,1H3. The zero-order valence-corrected chi connectivity index (χ0v) is 16.8. The molecule has 0 atom stereocenters. The summed E-state index contributed by atoms with van der Waals surface area (Å²) in [5.74, 6) is 0.224. The lowest BCUT2D eigenvalue weighted by molar-refractivity contribution is -0.121. The van der Waals surface area contributed by atoms with Gasteiger partial charge in [-0.25, -0.2) is 9.78 Å². The molecule has 0 unspecified atom stereocenters. The number of carbonyl (C=O) groups excluding carboxylic acids is 2. The first kappa shape index (κ1) is 19.1. The van der Waals surface area contributed by atoms with Crippen LogP contribution in [0.3, 0.4) is 0 Å². The molecule has 1 aromatic heterocycles. The summed E-state index contributed by atoms with van der Waals surface area (Å²) in [4.78, 5) is 30.6. The first-order valence-corrected chi connectivity index (χ1v) is 10.3. The van der Waals surface area contributed by atoms with E-state index in [1.54, 1.807) is 22.5 Å². The van der Waals surface area contributed by atoms with Gasteiger partial charge in [-0.3, -0.25) is 4.79 Å². The first-order valence-electron chi connectivity index (χ1n) is 9.37. The molecule has 0 fully saturated rings. The highest BCUT2D eigenvalue weighted by Crippen LogP contribution is 2.36. The Labute approximate surface area is 172 Å². The van der Waals surface area contributed by atoms with Crippen molar-refractivity contribution >= 4 is 28.9 Å². The zero-order chi connectivity index (χ0) is 20.2. The fourth-order valence-corrected chi connectivity index (χ4v) is 3.66. The maximum Gasteiger partial charge on any atom is 0.338 e. The molecule has 1 aliphatic rings. The minimum atomic E-state index is -0.334. The van der Waals surface area contributed by atoms with Gasteiger partial charge in [-0.1, -0.05) is 19.1 Å². The Morgan fingerprint density at radius 1 is 1.24 bits per heavy atom. The number of fused-ring (bicyclic) bond motifs is 1. The Morgan fingerprint density at radius 3 is 2.79 bits per heavy atom. The quantitative estimate of drug-likeness (QED) is 0.569. The molecular weight excluding hydrogens is 388 g/mol. The van der Waals surface area contributed by atoms with Crippen molar-refractivity contribution in [1.29, 1.82) is 0 Å². The van der Waals surface area contributed by atoms with Gasteiger partial charge in [0.2, 0.25) is 0 Å². The van der Waals surface area contributed by atoms with Crippen LogP contribution in [0.1, 0.15) is 29.3 Å². The molecule has 0 aliphatic carbocycles. The second-order valence-corrected chi connectivity index (χ2v) is 7.38. The number of nitrogens with zero attached hydrogens (tertiary/aromatic N) is 2. The van der Waals surface area contributed by atoms with Crippen molar-refractivity contribution in [2.75, 3.05) is 18.1 Å². The minimum Gasteiger partial charge on any atom is -0.482 e. The van der Waals surface area contributed by atoms with Crippen LogP contribution in [0.15, 0.2) is 53.4 Å². The number of anilines is 1. The van der Waals surface area contributed by atoms with Crippen LogP contribution in [0.4, 0.5) is 5.69 Å². The number of thiazole rings is 1. The summed E-state index contributed by atoms with van der Waals surface area (Å²) in [6.07, 6.45) is 0.783. The number of aromatic nitrogens is 1. The first-order chi connectivity index (χ1) is 14.2. The van der Waals surface area contributed by atoms with E-state index in [1.807, 2.05) is 42.6 Å². The number of carbonyl (C=O) groups is 2. The van der Waals surface area contributed by atoms with Crippen LogP contribution in [0.5, 0.6) is 5.75 Å². The zero-order valence-electron chi connectivity index (χ0n) is 16.0. The smallest absolute Gasteiger partial charge is 0.338 e. The number of benzene rings is 2. The Kier molecular flexibility index (Phi) is 5.57. The summed E-state index contributed by atoms with van der Waals surface area (Å²) < 4.78 is 10.7. The number of ether oxygens (including phenoxy) is 2. The molecule has 1 aliphatic heterocycles. The van der Waals surface area contributed by atoms with Crippen LogP contribution < -0.4 is 9.64 Å². The minimum absolute atomic E-state index is 0.00444. The topological polar surface area (TPSA) is 68.7 Å². The van der Waals surface area contributed by atoms with Gasteiger partial charge in [-0.2, -0.15) is 0 Å². The molecule has 4 rings (SSSR count). The third-order valence-electron chi connectivity index (χ3n) is 4.60. The monoisotopic (exact) mass is 408 g/mol. The van der Waals surface area contributed by atoms with Crippen LogP contribution in [0, 0.1) is 0 Å². The van der Waals surface area contributed by atoms with Crippen molar-refractivity contribution in [3.63, 3.8) is 0 Å². The van der Waals surface area contributed by atoms with Crippen LogP contribution in [0.25, 0.3) is 11.3 Å². The summed E-state index contributed by atoms with van der Waals surface area (Å²) in [5, 5.41) is 1.97. The molecule has 0 saturated carbocycles. The highest BCUT2D eigenvalue weighted by atomic mass is 32.1. The molecule has 29 heavy (non-hydrogen) atoms. The van der Waals surface area contributed by atoms with Gasteiger partial charge in [-0.15, -0.1) is 11.3 Å². The lowest BCUT2D eigenvalue weighted by Gasteiger charge is -2.30.